The van der Waals surface area contributed by atoms with Crippen molar-refractivity contribution in [2.75, 3.05) is 40.8 Å². The van der Waals surface area contributed by atoms with Gasteiger partial charge >= 0.3 is 0 Å². The first-order valence-corrected chi connectivity index (χ1v) is 11.5. The number of methoxy groups -OCH3 is 1. The molecule has 3 aliphatic heterocycles. The van der Waals surface area contributed by atoms with E-state index in [0.29, 0.717) is 30.1 Å². The maximum Gasteiger partial charge on any atom is 0.146 e. The van der Waals surface area contributed by atoms with Crippen molar-refractivity contribution >= 4 is 0 Å². The van der Waals surface area contributed by atoms with Gasteiger partial charge in [-0.25, -0.2) is 0 Å². The predicted molar refractivity (Wildman–Crippen MR) is 110 cm³/mol. The maximum atomic E-state index is 6.08. The molecule has 7 unspecified atom stereocenters. The molecule has 3 N–H and O–H groups in total. The van der Waals surface area contributed by atoms with Crippen LogP contribution in [0.5, 0.6) is 0 Å². The van der Waals surface area contributed by atoms with E-state index in [0.717, 1.165) is 13.1 Å². The molecule has 162 valence electrons. The maximum absolute atomic E-state index is 6.08. The molecule has 3 heterocycles. The molecule has 7 nitrogen and oxygen atoms in total. The highest BCUT2D eigenvalue weighted by molar-refractivity contribution is 4.93. The number of hydroxylamine groups is 1. The third-order valence-electron chi connectivity index (χ3n) is 7.56. The molecule has 0 aromatic carbocycles. The van der Waals surface area contributed by atoms with Gasteiger partial charge in [0.2, 0.25) is 0 Å². The second kappa shape index (κ2) is 9.69. The summed E-state index contributed by atoms with van der Waals surface area (Å²) in [6.45, 7) is 3.39. The SMILES string of the molecule is COC1CCCCC1CN1CCCC1C1NC(C2CCC(N(C)C)NC2)NO1. The third kappa shape index (κ3) is 4.72. The van der Waals surface area contributed by atoms with Crippen molar-refractivity contribution in [3.05, 3.63) is 0 Å². The number of rotatable bonds is 6. The average Bonchev–Trinajstić information content (AvgIpc) is 3.38. The quantitative estimate of drug-likeness (QED) is 0.627. The first-order valence-electron chi connectivity index (χ1n) is 11.5. The standard InChI is InChI=1S/C21H41N5O2/c1-25(2)19-11-10-15(13-22-19)20-23-21(28-24-20)17-8-6-12-26(17)14-16-7-4-5-9-18(16)27-3/h15-24H,4-14H2,1-3H3. The van der Waals surface area contributed by atoms with E-state index < -0.39 is 0 Å². The Labute approximate surface area is 170 Å². The van der Waals surface area contributed by atoms with Crippen LogP contribution in [0, 0.1) is 11.8 Å². The molecular formula is C21H41N5O2. The highest BCUT2D eigenvalue weighted by Crippen LogP contribution is 2.31. The Kier molecular flexibility index (Phi) is 7.25. The monoisotopic (exact) mass is 395 g/mol. The summed E-state index contributed by atoms with van der Waals surface area (Å²) in [7, 11) is 6.19. The molecule has 0 aromatic heterocycles. The Morgan fingerprint density at radius 1 is 1.07 bits per heavy atom. The van der Waals surface area contributed by atoms with E-state index >= 15 is 0 Å². The fraction of sp³-hybridized carbons (Fsp3) is 1.00. The molecular weight excluding hydrogens is 354 g/mol. The van der Waals surface area contributed by atoms with Crippen molar-refractivity contribution in [2.45, 2.75) is 82.1 Å². The molecule has 3 saturated heterocycles. The molecule has 4 fully saturated rings. The Hall–Kier alpha value is -0.280. The van der Waals surface area contributed by atoms with Crippen LogP contribution in [0.2, 0.25) is 0 Å². The van der Waals surface area contributed by atoms with Crippen LogP contribution < -0.4 is 16.1 Å². The molecule has 4 rings (SSSR count). The smallest absolute Gasteiger partial charge is 0.146 e. The summed E-state index contributed by atoms with van der Waals surface area (Å²) in [4.78, 5) is 11.0. The van der Waals surface area contributed by atoms with Gasteiger partial charge < -0.3 is 10.1 Å². The topological polar surface area (TPSA) is 61.0 Å². The molecule has 28 heavy (non-hydrogen) atoms. The van der Waals surface area contributed by atoms with E-state index in [1.807, 2.05) is 7.11 Å². The molecule has 7 heteroatoms. The molecule has 0 bridgehead atoms. The fourth-order valence-electron chi connectivity index (χ4n) is 5.82. The highest BCUT2D eigenvalue weighted by atomic mass is 16.7. The van der Waals surface area contributed by atoms with Crippen LogP contribution in [0.3, 0.4) is 0 Å². The lowest BCUT2D eigenvalue weighted by molar-refractivity contribution is -0.0389. The van der Waals surface area contributed by atoms with E-state index in [1.54, 1.807) is 0 Å². The van der Waals surface area contributed by atoms with Crippen molar-refractivity contribution in [3.8, 4) is 0 Å². The summed E-state index contributed by atoms with van der Waals surface area (Å²) in [5.74, 6) is 1.25. The summed E-state index contributed by atoms with van der Waals surface area (Å²) in [6.07, 6.45) is 11.4. The lowest BCUT2D eigenvalue weighted by Crippen LogP contribution is -2.54. The number of piperidine rings is 1. The van der Waals surface area contributed by atoms with Gasteiger partial charge in [0.25, 0.3) is 0 Å². The van der Waals surface area contributed by atoms with Crippen molar-refractivity contribution in [3.63, 3.8) is 0 Å². The largest absolute Gasteiger partial charge is 0.381 e. The lowest BCUT2D eigenvalue weighted by atomic mass is 9.86. The van der Waals surface area contributed by atoms with Crippen LogP contribution in [0.25, 0.3) is 0 Å². The zero-order valence-electron chi connectivity index (χ0n) is 18.0. The van der Waals surface area contributed by atoms with Gasteiger partial charge in [0, 0.05) is 26.1 Å². The van der Waals surface area contributed by atoms with Crippen LogP contribution >= 0.6 is 0 Å². The van der Waals surface area contributed by atoms with Gasteiger partial charge in [0.1, 0.15) is 6.23 Å². The third-order valence-corrected chi connectivity index (χ3v) is 7.56. The number of likely N-dealkylation sites (tertiary alicyclic amines) is 1. The molecule has 1 saturated carbocycles. The Bertz CT molecular complexity index is 485. The Morgan fingerprint density at radius 3 is 2.68 bits per heavy atom. The van der Waals surface area contributed by atoms with Crippen molar-refractivity contribution in [1.82, 2.24) is 25.9 Å². The molecule has 4 aliphatic rings. The van der Waals surface area contributed by atoms with Gasteiger partial charge in [-0.3, -0.25) is 20.0 Å². The second-order valence-corrected chi connectivity index (χ2v) is 9.55. The van der Waals surface area contributed by atoms with Gasteiger partial charge in [-0.1, -0.05) is 12.8 Å². The van der Waals surface area contributed by atoms with Gasteiger partial charge in [-0.15, -0.1) is 0 Å². The molecule has 0 amide bonds. The van der Waals surface area contributed by atoms with Crippen LogP contribution in [0.15, 0.2) is 0 Å². The molecule has 7 atom stereocenters. The summed E-state index contributed by atoms with van der Waals surface area (Å²) in [5, 5.41) is 7.45. The van der Waals surface area contributed by atoms with Crippen LogP contribution in [-0.4, -0.2) is 81.3 Å². The number of nitrogens with one attached hydrogen (secondary N) is 3. The molecule has 1 aliphatic carbocycles. The first kappa shape index (κ1) is 21.0. The van der Waals surface area contributed by atoms with E-state index in [2.05, 4.69) is 40.0 Å². The van der Waals surface area contributed by atoms with Crippen LogP contribution in [0.4, 0.5) is 0 Å². The van der Waals surface area contributed by atoms with Crippen molar-refractivity contribution in [1.29, 1.82) is 0 Å². The number of ether oxygens (including phenoxy) is 1. The van der Waals surface area contributed by atoms with Crippen molar-refractivity contribution in [2.24, 2.45) is 11.8 Å². The average molecular weight is 396 g/mol. The zero-order chi connectivity index (χ0) is 19.5. The summed E-state index contributed by atoms with van der Waals surface area (Å²) < 4.78 is 5.80. The Balaban J connectivity index is 1.28. The summed E-state index contributed by atoms with van der Waals surface area (Å²) in [5.41, 5.74) is 3.33. The zero-order valence-corrected chi connectivity index (χ0v) is 18.0. The Morgan fingerprint density at radius 2 is 1.93 bits per heavy atom. The molecule has 0 spiro atoms. The highest BCUT2D eigenvalue weighted by Gasteiger charge is 2.41. The number of hydrogen-bond acceptors (Lipinski definition) is 7. The minimum Gasteiger partial charge on any atom is -0.381 e. The van der Waals surface area contributed by atoms with Gasteiger partial charge in [0.05, 0.1) is 24.5 Å². The van der Waals surface area contributed by atoms with E-state index in [-0.39, 0.29) is 12.4 Å². The summed E-state index contributed by atoms with van der Waals surface area (Å²) in [6, 6.07) is 0.475. The van der Waals surface area contributed by atoms with E-state index in [1.165, 1.54) is 57.9 Å². The van der Waals surface area contributed by atoms with Gasteiger partial charge in [0.15, 0.2) is 0 Å². The van der Waals surface area contributed by atoms with Gasteiger partial charge in [-0.05, 0) is 65.1 Å². The second-order valence-electron chi connectivity index (χ2n) is 9.55. The minimum absolute atomic E-state index is 0.101. The fourth-order valence-corrected chi connectivity index (χ4v) is 5.82. The number of nitrogens with zero attached hydrogens (tertiary/aromatic N) is 2. The number of hydrogen-bond donors (Lipinski definition) is 3. The minimum atomic E-state index is 0.101. The first-order chi connectivity index (χ1) is 13.7. The summed E-state index contributed by atoms with van der Waals surface area (Å²) >= 11 is 0. The van der Waals surface area contributed by atoms with Crippen LogP contribution in [0.1, 0.15) is 51.4 Å². The van der Waals surface area contributed by atoms with Gasteiger partial charge in [-0.2, -0.15) is 5.48 Å². The predicted octanol–water partition coefficient (Wildman–Crippen LogP) is 1.32. The molecule has 0 radical (unpaired) electrons. The van der Waals surface area contributed by atoms with E-state index in [9.17, 15) is 0 Å². The van der Waals surface area contributed by atoms with Crippen LogP contribution in [-0.2, 0) is 9.57 Å². The van der Waals surface area contributed by atoms with E-state index in [4.69, 9.17) is 9.57 Å². The lowest BCUT2D eigenvalue weighted by Gasteiger charge is -2.37. The normalized spacial score (nSPS) is 43.1. The molecule has 0 aromatic rings. The van der Waals surface area contributed by atoms with Crippen molar-refractivity contribution < 1.29 is 9.57 Å².